The SMILES string of the molecule is CNc1ccc(C(=O)NCCS(C)(=O)=O)nn1. The predicted molar refractivity (Wildman–Crippen MR) is 63.6 cm³/mol. The van der Waals surface area contributed by atoms with Crippen molar-refractivity contribution in [3.05, 3.63) is 17.8 Å². The highest BCUT2D eigenvalue weighted by Crippen LogP contribution is 2.00. The number of carbonyl (C=O) groups excluding carboxylic acids is 1. The molecule has 1 rings (SSSR count). The van der Waals surface area contributed by atoms with Crippen LogP contribution in [0.2, 0.25) is 0 Å². The molecule has 0 radical (unpaired) electrons. The zero-order valence-electron chi connectivity index (χ0n) is 9.60. The van der Waals surface area contributed by atoms with E-state index in [4.69, 9.17) is 0 Å². The fraction of sp³-hybridized carbons (Fsp3) is 0.444. The molecule has 0 unspecified atom stereocenters. The van der Waals surface area contributed by atoms with Gasteiger partial charge < -0.3 is 10.6 Å². The summed E-state index contributed by atoms with van der Waals surface area (Å²) in [6.45, 7) is 0.0626. The first-order valence-electron chi connectivity index (χ1n) is 4.90. The molecule has 0 spiro atoms. The topological polar surface area (TPSA) is 101 Å². The van der Waals surface area contributed by atoms with Crippen molar-refractivity contribution in [2.45, 2.75) is 0 Å². The number of aromatic nitrogens is 2. The number of nitrogens with zero attached hydrogens (tertiary/aromatic N) is 2. The van der Waals surface area contributed by atoms with E-state index >= 15 is 0 Å². The number of amides is 1. The second-order valence-corrected chi connectivity index (χ2v) is 5.70. The second kappa shape index (κ2) is 5.58. The van der Waals surface area contributed by atoms with Crippen LogP contribution in [0.15, 0.2) is 12.1 Å². The first-order valence-corrected chi connectivity index (χ1v) is 6.96. The Labute approximate surface area is 99.6 Å². The van der Waals surface area contributed by atoms with E-state index in [1.165, 1.54) is 6.07 Å². The van der Waals surface area contributed by atoms with Crippen LogP contribution in [-0.4, -0.2) is 50.1 Å². The van der Waals surface area contributed by atoms with Crippen molar-refractivity contribution in [3.8, 4) is 0 Å². The lowest BCUT2D eigenvalue weighted by atomic mass is 10.3. The van der Waals surface area contributed by atoms with Gasteiger partial charge in [0.15, 0.2) is 5.69 Å². The molecule has 1 heterocycles. The minimum absolute atomic E-state index is 0.0626. The minimum atomic E-state index is -3.07. The highest BCUT2D eigenvalue weighted by Gasteiger charge is 2.09. The van der Waals surface area contributed by atoms with E-state index in [1.54, 1.807) is 13.1 Å². The fourth-order valence-corrected chi connectivity index (χ4v) is 1.50. The largest absolute Gasteiger partial charge is 0.372 e. The Balaban J connectivity index is 2.52. The lowest BCUT2D eigenvalue weighted by Crippen LogP contribution is -2.29. The molecule has 1 aromatic heterocycles. The normalized spacial score (nSPS) is 10.9. The molecule has 0 fully saturated rings. The Bertz CT molecular complexity index is 483. The molecule has 0 bridgehead atoms. The number of rotatable bonds is 5. The van der Waals surface area contributed by atoms with Gasteiger partial charge in [0.25, 0.3) is 5.91 Å². The van der Waals surface area contributed by atoms with Gasteiger partial charge in [0.1, 0.15) is 15.7 Å². The van der Waals surface area contributed by atoms with Crippen LogP contribution >= 0.6 is 0 Å². The Morgan fingerprint density at radius 2 is 2.06 bits per heavy atom. The number of hydrogen-bond donors (Lipinski definition) is 2. The first-order chi connectivity index (χ1) is 7.92. The van der Waals surface area contributed by atoms with E-state index < -0.39 is 15.7 Å². The van der Waals surface area contributed by atoms with Gasteiger partial charge in [-0.3, -0.25) is 4.79 Å². The summed E-state index contributed by atoms with van der Waals surface area (Å²) in [6.07, 6.45) is 1.11. The van der Waals surface area contributed by atoms with E-state index in [0.717, 1.165) is 6.26 Å². The highest BCUT2D eigenvalue weighted by atomic mass is 32.2. The number of carbonyl (C=O) groups is 1. The molecule has 8 heteroatoms. The van der Waals surface area contributed by atoms with Crippen molar-refractivity contribution in [1.29, 1.82) is 0 Å². The van der Waals surface area contributed by atoms with E-state index in [9.17, 15) is 13.2 Å². The van der Waals surface area contributed by atoms with Crippen molar-refractivity contribution < 1.29 is 13.2 Å². The monoisotopic (exact) mass is 258 g/mol. The number of nitrogens with one attached hydrogen (secondary N) is 2. The summed E-state index contributed by atoms with van der Waals surface area (Å²) in [5.74, 6) is 0.0160. The second-order valence-electron chi connectivity index (χ2n) is 3.44. The van der Waals surface area contributed by atoms with Gasteiger partial charge >= 0.3 is 0 Å². The quantitative estimate of drug-likeness (QED) is 0.723. The van der Waals surface area contributed by atoms with Crippen LogP contribution in [0.3, 0.4) is 0 Å². The van der Waals surface area contributed by atoms with Crippen LogP contribution in [0.1, 0.15) is 10.5 Å². The van der Waals surface area contributed by atoms with Gasteiger partial charge in [0, 0.05) is 19.8 Å². The van der Waals surface area contributed by atoms with Gasteiger partial charge in [-0.15, -0.1) is 10.2 Å². The number of sulfone groups is 1. The summed E-state index contributed by atoms with van der Waals surface area (Å²) in [7, 11) is -1.38. The molecule has 0 atom stereocenters. The molecule has 7 nitrogen and oxygen atoms in total. The molecular formula is C9H14N4O3S. The molecule has 0 saturated heterocycles. The molecule has 0 aromatic carbocycles. The van der Waals surface area contributed by atoms with Crippen LogP contribution in [-0.2, 0) is 9.84 Å². The summed E-state index contributed by atoms with van der Waals surface area (Å²) in [5, 5.41) is 12.6. The van der Waals surface area contributed by atoms with E-state index in [1.807, 2.05) is 0 Å². The lowest BCUT2D eigenvalue weighted by Gasteiger charge is -2.03. The van der Waals surface area contributed by atoms with Crippen LogP contribution in [0.25, 0.3) is 0 Å². The third-order valence-corrected chi connectivity index (χ3v) is 2.86. The zero-order chi connectivity index (χ0) is 12.9. The number of hydrogen-bond acceptors (Lipinski definition) is 6. The Hall–Kier alpha value is -1.70. The predicted octanol–water partition coefficient (Wildman–Crippen LogP) is -0.707. The van der Waals surface area contributed by atoms with Gasteiger partial charge in [-0.05, 0) is 12.1 Å². The lowest BCUT2D eigenvalue weighted by molar-refractivity contribution is 0.0950. The van der Waals surface area contributed by atoms with Crippen molar-refractivity contribution >= 4 is 21.6 Å². The summed E-state index contributed by atoms with van der Waals surface area (Å²) in [4.78, 5) is 11.5. The smallest absolute Gasteiger partial charge is 0.271 e. The summed E-state index contributed by atoms with van der Waals surface area (Å²) in [5.41, 5.74) is 0.150. The first kappa shape index (κ1) is 13.4. The maximum absolute atomic E-state index is 11.5. The van der Waals surface area contributed by atoms with Gasteiger partial charge in [-0.1, -0.05) is 0 Å². The fourth-order valence-electron chi connectivity index (χ4n) is 1.03. The molecule has 0 aliphatic rings. The van der Waals surface area contributed by atoms with Gasteiger partial charge in [0.05, 0.1) is 5.75 Å². The summed E-state index contributed by atoms with van der Waals surface area (Å²) >= 11 is 0. The van der Waals surface area contributed by atoms with Crippen LogP contribution in [0, 0.1) is 0 Å². The van der Waals surface area contributed by atoms with Crippen molar-refractivity contribution in [3.63, 3.8) is 0 Å². The Morgan fingerprint density at radius 3 is 2.53 bits per heavy atom. The summed E-state index contributed by atoms with van der Waals surface area (Å²) in [6, 6.07) is 3.12. The van der Waals surface area contributed by atoms with Crippen LogP contribution < -0.4 is 10.6 Å². The standard InChI is InChI=1S/C9H14N4O3S/c1-10-8-4-3-7(12-13-8)9(14)11-5-6-17(2,15)16/h3-4H,5-6H2,1-2H3,(H,10,13)(H,11,14). The summed E-state index contributed by atoms with van der Waals surface area (Å²) < 4.78 is 21.7. The highest BCUT2D eigenvalue weighted by molar-refractivity contribution is 7.90. The van der Waals surface area contributed by atoms with Crippen LogP contribution in [0.5, 0.6) is 0 Å². The Kier molecular flexibility index (Phi) is 4.38. The molecule has 94 valence electrons. The zero-order valence-corrected chi connectivity index (χ0v) is 10.4. The van der Waals surface area contributed by atoms with E-state index in [2.05, 4.69) is 20.8 Å². The van der Waals surface area contributed by atoms with Crippen molar-refractivity contribution in [1.82, 2.24) is 15.5 Å². The van der Waals surface area contributed by atoms with Gasteiger partial charge in [-0.25, -0.2) is 8.42 Å². The number of anilines is 1. The molecule has 1 amide bonds. The third kappa shape index (κ3) is 4.77. The molecule has 2 N–H and O–H groups in total. The van der Waals surface area contributed by atoms with E-state index in [-0.39, 0.29) is 18.0 Å². The van der Waals surface area contributed by atoms with Gasteiger partial charge in [0.2, 0.25) is 0 Å². The average Bonchev–Trinajstić information content (AvgIpc) is 2.27. The molecule has 0 saturated carbocycles. The molecule has 1 aromatic rings. The van der Waals surface area contributed by atoms with Crippen molar-refractivity contribution in [2.24, 2.45) is 0 Å². The minimum Gasteiger partial charge on any atom is -0.372 e. The maximum atomic E-state index is 11.5. The Morgan fingerprint density at radius 1 is 1.35 bits per heavy atom. The van der Waals surface area contributed by atoms with Crippen molar-refractivity contribution in [2.75, 3.05) is 30.9 Å². The third-order valence-electron chi connectivity index (χ3n) is 1.91. The van der Waals surface area contributed by atoms with Crippen LogP contribution in [0.4, 0.5) is 5.82 Å². The van der Waals surface area contributed by atoms with E-state index in [0.29, 0.717) is 5.82 Å². The molecular weight excluding hydrogens is 244 g/mol. The molecule has 17 heavy (non-hydrogen) atoms. The average molecular weight is 258 g/mol. The molecule has 0 aliphatic carbocycles. The van der Waals surface area contributed by atoms with Gasteiger partial charge in [-0.2, -0.15) is 0 Å². The molecule has 0 aliphatic heterocycles. The maximum Gasteiger partial charge on any atom is 0.271 e.